The minimum absolute atomic E-state index is 0.213. The second-order valence-electron chi connectivity index (χ2n) is 4.46. The highest BCUT2D eigenvalue weighted by molar-refractivity contribution is 5.77. The Morgan fingerprint density at radius 2 is 1.87 bits per heavy atom. The summed E-state index contributed by atoms with van der Waals surface area (Å²) in [6.45, 7) is 6.66. The zero-order valence-electron chi connectivity index (χ0n) is 10.2. The molecule has 1 aliphatic rings. The molecule has 0 spiro atoms. The van der Waals surface area contributed by atoms with Gasteiger partial charge in [0.1, 0.15) is 0 Å². The number of carbonyl (C=O) groups is 1. The van der Waals surface area contributed by atoms with Gasteiger partial charge in [0.15, 0.2) is 0 Å². The molecule has 4 heteroatoms. The molecule has 0 radical (unpaired) electrons. The van der Waals surface area contributed by atoms with Gasteiger partial charge in [-0.3, -0.25) is 4.79 Å². The number of piperazine rings is 1. The largest absolute Gasteiger partial charge is 0.384 e. The highest BCUT2D eigenvalue weighted by Gasteiger charge is 2.30. The molecular weight excluding hydrogens is 192 g/mol. The Balaban J connectivity index is 2.54. The maximum absolute atomic E-state index is 11.9. The highest BCUT2D eigenvalue weighted by Crippen LogP contribution is 2.15. The van der Waals surface area contributed by atoms with Crippen molar-refractivity contribution in [2.45, 2.75) is 32.4 Å². The van der Waals surface area contributed by atoms with E-state index in [4.69, 9.17) is 4.74 Å². The van der Waals surface area contributed by atoms with E-state index in [-0.39, 0.29) is 5.91 Å². The summed E-state index contributed by atoms with van der Waals surface area (Å²) < 4.78 is 4.94. The molecule has 88 valence electrons. The molecule has 0 N–H and O–H groups in total. The lowest BCUT2D eigenvalue weighted by Gasteiger charge is -2.43. The number of amides is 1. The molecule has 1 aliphatic heterocycles. The van der Waals surface area contributed by atoms with E-state index in [2.05, 4.69) is 25.8 Å². The van der Waals surface area contributed by atoms with Crippen LogP contribution < -0.4 is 0 Å². The Bertz CT molecular complexity index is 209. The van der Waals surface area contributed by atoms with Gasteiger partial charge in [0, 0.05) is 32.3 Å². The maximum Gasteiger partial charge on any atom is 0.225 e. The van der Waals surface area contributed by atoms with Crippen LogP contribution in [0.2, 0.25) is 0 Å². The molecule has 0 bridgehead atoms. The number of hydrogen-bond acceptors (Lipinski definition) is 3. The van der Waals surface area contributed by atoms with E-state index < -0.39 is 0 Å². The lowest BCUT2D eigenvalue weighted by molar-refractivity contribution is -0.139. The van der Waals surface area contributed by atoms with Gasteiger partial charge in [0.2, 0.25) is 5.91 Å². The zero-order chi connectivity index (χ0) is 11.4. The topological polar surface area (TPSA) is 32.8 Å². The van der Waals surface area contributed by atoms with Gasteiger partial charge in [-0.1, -0.05) is 0 Å². The van der Waals surface area contributed by atoms with E-state index in [0.29, 0.717) is 25.1 Å². The number of nitrogens with zero attached hydrogens (tertiary/aromatic N) is 2. The first-order chi connectivity index (χ1) is 7.06. The highest BCUT2D eigenvalue weighted by atomic mass is 16.5. The molecular formula is C11H22N2O2. The van der Waals surface area contributed by atoms with Crippen molar-refractivity contribution in [2.24, 2.45) is 0 Å². The molecule has 1 rings (SSSR count). The number of carbonyl (C=O) groups excluding carboxylic acids is 1. The van der Waals surface area contributed by atoms with Crippen molar-refractivity contribution in [3.63, 3.8) is 0 Å². The molecule has 2 atom stereocenters. The molecule has 0 aromatic rings. The molecule has 0 aromatic heterocycles. The minimum Gasteiger partial charge on any atom is -0.384 e. The van der Waals surface area contributed by atoms with E-state index in [0.717, 1.165) is 13.1 Å². The van der Waals surface area contributed by atoms with Crippen molar-refractivity contribution < 1.29 is 9.53 Å². The van der Waals surface area contributed by atoms with Crippen LogP contribution in [-0.2, 0) is 9.53 Å². The molecule has 0 saturated carbocycles. The Hall–Kier alpha value is -0.610. The van der Waals surface area contributed by atoms with E-state index in [1.165, 1.54) is 0 Å². The van der Waals surface area contributed by atoms with Crippen molar-refractivity contribution in [3.05, 3.63) is 0 Å². The average Bonchev–Trinajstić information content (AvgIpc) is 2.12. The van der Waals surface area contributed by atoms with Gasteiger partial charge in [-0.15, -0.1) is 0 Å². The van der Waals surface area contributed by atoms with Crippen molar-refractivity contribution in [3.8, 4) is 0 Å². The van der Waals surface area contributed by atoms with Crippen molar-refractivity contribution in [2.75, 3.05) is 33.9 Å². The van der Waals surface area contributed by atoms with Crippen LogP contribution in [0.3, 0.4) is 0 Å². The van der Waals surface area contributed by atoms with Gasteiger partial charge in [-0.05, 0) is 20.9 Å². The Morgan fingerprint density at radius 1 is 1.33 bits per heavy atom. The normalized spacial score (nSPS) is 28.1. The van der Waals surface area contributed by atoms with Crippen LogP contribution in [0.5, 0.6) is 0 Å². The van der Waals surface area contributed by atoms with E-state index in [1.807, 2.05) is 4.90 Å². The third-order valence-corrected chi connectivity index (χ3v) is 2.91. The van der Waals surface area contributed by atoms with Gasteiger partial charge in [0.05, 0.1) is 13.0 Å². The Labute approximate surface area is 92.2 Å². The predicted octanol–water partition coefficient (Wildman–Crippen LogP) is 0.574. The fourth-order valence-corrected chi connectivity index (χ4v) is 2.40. The lowest BCUT2D eigenvalue weighted by Crippen LogP contribution is -2.57. The maximum atomic E-state index is 11.9. The number of hydrogen-bond donors (Lipinski definition) is 0. The summed E-state index contributed by atoms with van der Waals surface area (Å²) in [7, 11) is 3.73. The van der Waals surface area contributed by atoms with Gasteiger partial charge < -0.3 is 14.5 Å². The van der Waals surface area contributed by atoms with Crippen LogP contribution in [0.1, 0.15) is 20.3 Å². The number of rotatable bonds is 3. The van der Waals surface area contributed by atoms with Crippen LogP contribution in [0.4, 0.5) is 0 Å². The van der Waals surface area contributed by atoms with E-state index in [9.17, 15) is 4.79 Å². The van der Waals surface area contributed by atoms with Crippen molar-refractivity contribution >= 4 is 5.91 Å². The lowest BCUT2D eigenvalue weighted by atomic mass is 10.1. The van der Waals surface area contributed by atoms with Crippen LogP contribution in [0, 0.1) is 0 Å². The molecule has 1 amide bonds. The zero-order valence-corrected chi connectivity index (χ0v) is 10.2. The predicted molar refractivity (Wildman–Crippen MR) is 59.8 cm³/mol. The first-order valence-corrected chi connectivity index (χ1v) is 5.55. The summed E-state index contributed by atoms with van der Waals surface area (Å²) in [4.78, 5) is 16.2. The van der Waals surface area contributed by atoms with Gasteiger partial charge in [-0.25, -0.2) is 0 Å². The summed E-state index contributed by atoms with van der Waals surface area (Å²) in [5.74, 6) is 0.213. The Morgan fingerprint density at radius 3 is 2.33 bits per heavy atom. The van der Waals surface area contributed by atoms with Gasteiger partial charge in [0.25, 0.3) is 0 Å². The van der Waals surface area contributed by atoms with Crippen LogP contribution >= 0.6 is 0 Å². The summed E-state index contributed by atoms with van der Waals surface area (Å²) >= 11 is 0. The van der Waals surface area contributed by atoms with Crippen molar-refractivity contribution in [1.29, 1.82) is 0 Å². The third-order valence-electron chi connectivity index (χ3n) is 2.91. The summed E-state index contributed by atoms with van der Waals surface area (Å²) in [6.07, 6.45) is 0.495. The molecule has 15 heavy (non-hydrogen) atoms. The van der Waals surface area contributed by atoms with Crippen molar-refractivity contribution in [1.82, 2.24) is 9.80 Å². The third kappa shape index (κ3) is 3.18. The Kier molecular flexibility index (Phi) is 4.54. The fourth-order valence-electron chi connectivity index (χ4n) is 2.40. The fraction of sp³-hybridized carbons (Fsp3) is 0.909. The molecule has 1 heterocycles. The number of ether oxygens (including phenoxy) is 1. The second-order valence-corrected chi connectivity index (χ2v) is 4.46. The average molecular weight is 214 g/mol. The van der Waals surface area contributed by atoms with Crippen LogP contribution in [0.15, 0.2) is 0 Å². The molecule has 0 aromatic carbocycles. The standard InChI is InChI=1S/C11H22N2O2/c1-9-7-12(3)8-10(2)13(9)11(14)5-6-15-4/h9-10H,5-8H2,1-4H3. The molecule has 4 nitrogen and oxygen atoms in total. The monoisotopic (exact) mass is 214 g/mol. The van der Waals surface area contributed by atoms with Crippen LogP contribution in [0.25, 0.3) is 0 Å². The first kappa shape index (κ1) is 12.5. The van der Waals surface area contributed by atoms with E-state index >= 15 is 0 Å². The molecule has 0 aliphatic carbocycles. The number of likely N-dealkylation sites (N-methyl/N-ethyl adjacent to an activating group) is 1. The summed E-state index contributed by atoms with van der Waals surface area (Å²) in [5.41, 5.74) is 0. The summed E-state index contributed by atoms with van der Waals surface area (Å²) in [6, 6.07) is 0.617. The van der Waals surface area contributed by atoms with Crippen LogP contribution in [-0.4, -0.2) is 61.6 Å². The molecule has 2 unspecified atom stereocenters. The summed E-state index contributed by atoms with van der Waals surface area (Å²) in [5, 5.41) is 0. The molecule has 1 saturated heterocycles. The second kappa shape index (κ2) is 5.47. The smallest absolute Gasteiger partial charge is 0.225 e. The van der Waals surface area contributed by atoms with Gasteiger partial charge >= 0.3 is 0 Å². The first-order valence-electron chi connectivity index (χ1n) is 5.55. The minimum atomic E-state index is 0.213. The molecule has 1 fully saturated rings. The van der Waals surface area contributed by atoms with E-state index in [1.54, 1.807) is 7.11 Å². The van der Waals surface area contributed by atoms with Gasteiger partial charge in [-0.2, -0.15) is 0 Å². The number of methoxy groups -OCH3 is 1. The SMILES string of the molecule is COCCC(=O)N1C(C)CN(C)CC1C. The quantitative estimate of drug-likeness (QED) is 0.689.